The maximum atomic E-state index is 12.6. The van der Waals surface area contributed by atoms with Gasteiger partial charge in [-0.15, -0.1) is 0 Å². The molecule has 2 rings (SSSR count). The molecule has 0 aliphatic carbocycles. The standard InChI is InChI=1S/C22H29NO5S/c1-22(2,3)29(26)23-20(19-11-10-18(27-4)13-21(19)25)12-17(24)15-28-14-16-8-6-5-7-9-16/h5-11,13,17,24-25H,12,14-15H2,1-4H3/t17-,29+/m1/s1. The van der Waals surface area contributed by atoms with Crippen LogP contribution in [0.25, 0.3) is 0 Å². The van der Waals surface area contributed by atoms with Crippen molar-refractivity contribution in [3.8, 4) is 11.5 Å². The van der Waals surface area contributed by atoms with Gasteiger partial charge in [-0.3, -0.25) is 0 Å². The highest BCUT2D eigenvalue weighted by Gasteiger charge is 2.22. The van der Waals surface area contributed by atoms with Gasteiger partial charge in [-0.05, 0) is 38.5 Å². The SMILES string of the molecule is COc1ccc(C(C[C@@H](O)COCc2ccccc2)=N[S@@](=O)C(C)(C)C)c(O)c1. The lowest BCUT2D eigenvalue weighted by Gasteiger charge is -2.18. The van der Waals surface area contributed by atoms with Gasteiger partial charge in [0.05, 0.1) is 36.9 Å². The molecule has 0 heterocycles. The van der Waals surface area contributed by atoms with Crippen LogP contribution in [0.15, 0.2) is 52.9 Å². The predicted octanol–water partition coefficient (Wildman–Crippen LogP) is 3.62. The molecular formula is C22H29NO5S. The van der Waals surface area contributed by atoms with Gasteiger partial charge in [0.15, 0.2) is 0 Å². The Kier molecular flexibility index (Phi) is 8.37. The Morgan fingerprint density at radius 1 is 1.17 bits per heavy atom. The Labute approximate surface area is 174 Å². The number of ether oxygens (including phenoxy) is 2. The fraction of sp³-hybridized carbons (Fsp3) is 0.409. The smallest absolute Gasteiger partial charge is 0.145 e. The first-order valence-electron chi connectivity index (χ1n) is 9.37. The first-order valence-corrected chi connectivity index (χ1v) is 10.5. The topological polar surface area (TPSA) is 88.4 Å². The molecular weight excluding hydrogens is 390 g/mol. The summed E-state index contributed by atoms with van der Waals surface area (Å²) in [5.74, 6) is 0.445. The molecule has 0 fully saturated rings. The first kappa shape index (κ1) is 23.1. The highest BCUT2D eigenvalue weighted by atomic mass is 32.2. The van der Waals surface area contributed by atoms with Crippen molar-refractivity contribution in [2.75, 3.05) is 13.7 Å². The van der Waals surface area contributed by atoms with Gasteiger partial charge in [-0.1, -0.05) is 30.3 Å². The minimum absolute atomic E-state index is 0.0496. The minimum Gasteiger partial charge on any atom is -0.507 e. The lowest BCUT2D eigenvalue weighted by molar-refractivity contribution is 0.0322. The summed E-state index contributed by atoms with van der Waals surface area (Å²) in [7, 11) is -0.0356. The van der Waals surface area contributed by atoms with E-state index in [0.29, 0.717) is 23.6 Å². The van der Waals surface area contributed by atoms with Crippen molar-refractivity contribution in [1.82, 2.24) is 0 Å². The van der Waals surface area contributed by atoms with Crippen LogP contribution in [-0.4, -0.2) is 44.7 Å². The zero-order valence-electron chi connectivity index (χ0n) is 17.3. The molecule has 0 aliphatic heterocycles. The number of rotatable bonds is 9. The number of hydrogen-bond donors (Lipinski definition) is 2. The van der Waals surface area contributed by atoms with Crippen LogP contribution in [-0.2, 0) is 22.3 Å². The monoisotopic (exact) mass is 419 g/mol. The summed E-state index contributed by atoms with van der Waals surface area (Å²) < 4.78 is 27.0. The van der Waals surface area contributed by atoms with Gasteiger partial charge in [0.1, 0.15) is 22.5 Å². The second kappa shape index (κ2) is 10.5. The summed E-state index contributed by atoms with van der Waals surface area (Å²) in [6.07, 6.45) is -0.771. The van der Waals surface area contributed by atoms with Crippen LogP contribution in [0.1, 0.15) is 38.3 Å². The lowest BCUT2D eigenvalue weighted by Crippen LogP contribution is -2.24. The lowest BCUT2D eigenvalue weighted by atomic mass is 10.0. The van der Waals surface area contributed by atoms with Crippen molar-refractivity contribution in [2.45, 2.75) is 44.6 Å². The summed E-state index contributed by atoms with van der Waals surface area (Å²) in [5.41, 5.74) is 1.77. The molecule has 2 atom stereocenters. The van der Waals surface area contributed by atoms with E-state index in [1.165, 1.54) is 13.2 Å². The van der Waals surface area contributed by atoms with E-state index in [9.17, 15) is 14.4 Å². The molecule has 0 aliphatic rings. The summed E-state index contributed by atoms with van der Waals surface area (Å²) in [5, 5.41) is 20.8. The van der Waals surface area contributed by atoms with Crippen molar-refractivity contribution < 1.29 is 23.9 Å². The molecule has 0 radical (unpaired) electrons. The summed E-state index contributed by atoms with van der Waals surface area (Å²) >= 11 is 0. The average molecular weight is 420 g/mol. The highest BCUT2D eigenvalue weighted by molar-refractivity contribution is 7.85. The van der Waals surface area contributed by atoms with Gasteiger partial charge in [0.25, 0.3) is 0 Å². The number of hydrogen-bond acceptors (Lipinski definition) is 5. The molecule has 0 aromatic heterocycles. The first-order chi connectivity index (χ1) is 13.7. The Bertz CT molecular complexity index is 846. The third-order valence-electron chi connectivity index (χ3n) is 4.08. The van der Waals surface area contributed by atoms with Crippen LogP contribution in [0, 0.1) is 0 Å². The largest absolute Gasteiger partial charge is 0.507 e. The maximum absolute atomic E-state index is 12.6. The number of methoxy groups -OCH3 is 1. The third kappa shape index (κ3) is 7.27. The van der Waals surface area contributed by atoms with Gasteiger partial charge >= 0.3 is 0 Å². The molecule has 7 heteroatoms. The average Bonchev–Trinajstić information content (AvgIpc) is 2.67. The van der Waals surface area contributed by atoms with E-state index >= 15 is 0 Å². The van der Waals surface area contributed by atoms with E-state index in [-0.39, 0.29) is 18.8 Å². The van der Waals surface area contributed by atoms with Gasteiger partial charge in [-0.2, -0.15) is 4.40 Å². The van der Waals surface area contributed by atoms with Crippen molar-refractivity contribution in [2.24, 2.45) is 4.40 Å². The quantitative estimate of drug-likeness (QED) is 0.606. The molecule has 0 bridgehead atoms. The van der Waals surface area contributed by atoms with Crippen LogP contribution in [0.4, 0.5) is 0 Å². The number of benzene rings is 2. The third-order valence-corrected chi connectivity index (χ3v) is 5.52. The van der Waals surface area contributed by atoms with Crippen LogP contribution >= 0.6 is 0 Å². The molecule has 2 aromatic carbocycles. The number of aliphatic hydroxyl groups is 1. The van der Waals surface area contributed by atoms with Gasteiger partial charge in [-0.25, -0.2) is 4.21 Å². The Morgan fingerprint density at radius 3 is 2.45 bits per heavy atom. The van der Waals surface area contributed by atoms with Gasteiger partial charge in [0, 0.05) is 18.1 Å². The van der Waals surface area contributed by atoms with Gasteiger partial charge in [0.2, 0.25) is 0 Å². The molecule has 0 saturated carbocycles. The number of nitrogens with zero attached hydrogens (tertiary/aromatic N) is 1. The van der Waals surface area contributed by atoms with Crippen LogP contribution < -0.4 is 4.74 Å². The molecule has 0 unspecified atom stereocenters. The highest BCUT2D eigenvalue weighted by Crippen LogP contribution is 2.26. The second-order valence-electron chi connectivity index (χ2n) is 7.64. The van der Waals surface area contributed by atoms with Crippen molar-refractivity contribution in [1.29, 1.82) is 0 Å². The predicted molar refractivity (Wildman–Crippen MR) is 116 cm³/mol. The Balaban J connectivity index is 2.15. The van der Waals surface area contributed by atoms with Crippen LogP contribution in [0.5, 0.6) is 11.5 Å². The molecule has 0 spiro atoms. The second-order valence-corrected chi connectivity index (χ2v) is 9.55. The fourth-order valence-electron chi connectivity index (χ4n) is 2.49. The van der Waals surface area contributed by atoms with Crippen molar-refractivity contribution in [3.05, 3.63) is 59.7 Å². The molecule has 6 nitrogen and oxygen atoms in total. The Morgan fingerprint density at radius 2 is 1.86 bits per heavy atom. The zero-order chi connectivity index (χ0) is 21.4. The molecule has 2 N–H and O–H groups in total. The van der Waals surface area contributed by atoms with E-state index < -0.39 is 21.8 Å². The number of phenolic OH excluding ortho intramolecular Hbond substituents is 1. The van der Waals surface area contributed by atoms with Gasteiger partial charge < -0.3 is 19.7 Å². The van der Waals surface area contributed by atoms with E-state index in [2.05, 4.69) is 4.40 Å². The van der Waals surface area contributed by atoms with E-state index in [1.807, 2.05) is 51.1 Å². The Hall–Kier alpha value is -2.22. The van der Waals surface area contributed by atoms with E-state index in [4.69, 9.17) is 9.47 Å². The van der Waals surface area contributed by atoms with Crippen molar-refractivity contribution >= 4 is 16.7 Å². The number of aromatic hydroxyl groups is 1. The molecule has 2 aromatic rings. The molecule has 29 heavy (non-hydrogen) atoms. The normalized spacial score (nSPS) is 14.4. The number of phenols is 1. The van der Waals surface area contributed by atoms with Crippen LogP contribution in [0.3, 0.4) is 0 Å². The zero-order valence-corrected chi connectivity index (χ0v) is 18.1. The summed E-state index contributed by atoms with van der Waals surface area (Å²) in [4.78, 5) is 0. The van der Waals surface area contributed by atoms with E-state index in [0.717, 1.165) is 5.56 Å². The summed E-state index contributed by atoms with van der Waals surface area (Å²) in [6.45, 7) is 5.92. The van der Waals surface area contributed by atoms with E-state index in [1.54, 1.807) is 12.1 Å². The minimum atomic E-state index is -1.54. The van der Waals surface area contributed by atoms with Crippen LogP contribution in [0.2, 0.25) is 0 Å². The molecule has 0 amide bonds. The maximum Gasteiger partial charge on any atom is 0.145 e. The number of aliphatic hydroxyl groups excluding tert-OH is 1. The summed E-state index contributed by atoms with van der Waals surface area (Å²) in [6, 6.07) is 14.5. The van der Waals surface area contributed by atoms with Crippen molar-refractivity contribution in [3.63, 3.8) is 0 Å². The molecule has 158 valence electrons. The molecule has 0 saturated heterocycles. The fourth-order valence-corrected chi connectivity index (χ4v) is 3.13.